The Labute approximate surface area is 142 Å². The molecule has 8 heteroatoms. The van der Waals surface area contributed by atoms with Crippen LogP contribution in [0.25, 0.3) is 0 Å². The maximum Gasteiger partial charge on any atom is 0.245 e. The van der Waals surface area contributed by atoms with Crippen molar-refractivity contribution in [3.63, 3.8) is 0 Å². The first-order valence-electron chi connectivity index (χ1n) is 6.54. The van der Waals surface area contributed by atoms with Gasteiger partial charge in [-0.15, -0.1) is 0 Å². The quantitative estimate of drug-likeness (QED) is 0.838. The van der Waals surface area contributed by atoms with Crippen LogP contribution in [0.1, 0.15) is 0 Å². The van der Waals surface area contributed by atoms with E-state index in [2.05, 4.69) is 21.2 Å². The second-order valence-electron chi connectivity index (χ2n) is 4.80. The standard InChI is InChI=1S/C15H14BrFN2O3S/c1-23(21,22)19(14-8-4-12(17)5-9-14)10-15(20)18-13-6-2-11(16)3-7-13/h2-9H,10H2,1H3,(H,18,20). The van der Waals surface area contributed by atoms with Crippen molar-refractivity contribution < 1.29 is 17.6 Å². The van der Waals surface area contributed by atoms with Gasteiger partial charge in [-0.25, -0.2) is 12.8 Å². The van der Waals surface area contributed by atoms with Crippen molar-refractivity contribution >= 4 is 43.2 Å². The van der Waals surface area contributed by atoms with E-state index in [-0.39, 0.29) is 5.69 Å². The summed E-state index contributed by atoms with van der Waals surface area (Å²) in [5.74, 6) is -0.983. The number of anilines is 2. The van der Waals surface area contributed by atoms with E-state index in [1.165, 1.54) is 12.1 Å². The molecule has 122 valence electrons. The third kappa shape index (κ3) is 5.04. The number of halogens is 2. The first-order valence-corrected chi connectivity index (χ1v) is 9.18. The lowest BCUT2D eigenvalue weighted by atomic mass is 10.3. The molecule has 1 N–H and O–H groups in total. The number of hydrogen-bond donors (Lipinski definition) is 1. The Morgan fingerprint density at radius 3 is 2.22 bits per heavy atom. The summed E-state index contributed by atoms with van der Waals surface area (Å²) in [5.41, 5.74) is 0.769. The third-order valence-corrected chi connectivity index (χ3v) is 4.60. The molecule has 2 rings (SSSR count). The van der Waals surface area contributed by atoms with Crippen molar-refractivity contribution in [3.8, 4) is 0 Å². The van der Waals surface area contributed by atoms with Crippen molar-refractivity contribution in [2.75, 3.05) is 22.4 Å². The number of benzene rings is 2. The van der Waals surface area contributed by atoms with E-state index >= 15 is 0 Å². The van der Waals surface area contributed by atoms with Gasteiger partial charge in [-0.2, -0.15) is 0 Å². The molecule has 2 aromatic rings. The molecule has 0 radical (unpaired) electrons. The van der Waals surface area contributed by atoms with Gasteiger partial charge < -0.3 is 5.32 Å². The fraction of sp³-hybridized carbons (Fsp3) is 0.133. The molecule has 0 aliphatic rings. The van der Waals surface area contributed by atoms with E-state index in [9.17, 15) is 17.6 Å². The fourth-order valence-electron chi connectivity index (χ4n) is 1.87. The molecule has 23 heavy (non-hydrogen) atoms. The Morgan fingerprint density at radius 1 is 1.13 bits per heavy atom. The molecule has 0 unspecified atom stereocenters. The van der Waals surface area contributed by atoms with Gasteiger partial charge in [0.25, 0.3) is 0 Å². The highest BCUT2D eigenvalue weighted by Gasteiger charge is 2.20. The zero-order chi connectivity index (χ0) is 17.0. The largest absolute Gasteiger partial charge is 0.325 e. The van der Waals surface area contributed by atoms with Crippen LogP contribution in [-0.2, 0) is 14.8 Å². The highest BCUT2D eigenvalue weighted by molar-refractivity contribution is 9.10. The molecule has 0 bridgehead atoms. The lowest BCUT2D eigenvalue weighted by molar-refractivity contribution is -0.114. The molecule has 0 aromatic heterocycles. The summed E-state index contributed by atoms with van der Waals surface area (Å²) in [5, 5.41) is 2.61. The molecule has 0 fully saturated rings. The Bertz CT molecular complexity index is 792. The van der Waals surface area contributed by atoms with Gasteiger partial charge in [-0.05, 0) is 48.5 Å². The second kappa shape index (κ2) is 7.10. The zero-order valence-corrected chi connectivity index (χ0v) is 14.6. The van der Waals surface area contributed by atoms with E-state index < -0.39 is 28.3 Å². The van der Waals surface area contributed by atoms with E-state index in [0.717, 1.165) is 27.2 Å². The van der Waals surface area contributed by atoms with Crippen LogP contribution in [0.4, 0.5) is 15.8 Å². The van der Waals surface area contributed by atoms with E-state index in [1.54, 1.807) is 24.3 Å². The second-order valence-corrected chi connectivity index (χ2v) is 7.62. The molecule has 1 amide bonds. The number of sulfonamides is 1. The van der Waals surface area contributed by atoms with Crippen molar-refractivity contribution in [2.24, 2.45) is 0 Å². The normalized spacial score (nSPS) is 11.1. The zero-order valence-electron chi connectivity index (χ0n) is 12.2. The van der Waals surface area contributed by atoms with Gasteiger partial charge in [-0.3, -0.25) is 9.10 Å². The van der Waals surface area contributed by atoms with Crippen molar-refractivity contribution in [1.82, 2.24) is 0 Å². The minimum atomic E-state index is -3.68. The lowest BCUT2D eigenvalue weighted by Gasteiger charge is -2.21. The maximum absolute atomic E-state index is 13.0. The van der Waals surface area contributed by atoms with Crippen LogP contribution in [0.15, 0.2) is 53.0 Å². The number of nitrogens with zero attached hydrogens (tertiary/aromatic N) is 1. The molecular weight excluding hydrogens is 387 g/mol. The van der Waals surface area contributed by atoms with E-state index in [4.69, 9.17) is 0 Å². The van der Waals surface area contributed by atoms with Gasteiger partial charge in [0.2, 0.25) is 15.9 Å². The maximum atomic E-state index is 13.0. The van der Waals surface area contributed by atoms with Crippen molar-refractivity contribution in [2.45, 2.75) is 0 Å². The lowest BCUT2D eigenvalue weighted by Crippen LogP contribution is -2.37. The van der Waals surface area contributed by atoms with Crippen LogP contribution in [0, 0.1) is 5.82 Å². The first-order chi connectivity index (χ1) is 10.8. The summed E-state index contributed by atoms with van der Waals surface area (Å²) in [6.07, 6.45) is 0.989. The molecule has 0 saturated carbocycles. The summed E-state index contributed by atoms with van der Waals surface area (Å²) in [4.78, 5) is 12.1. The predicted octanol–water partition coefficient (Wildman–Crippen LogP) is 2.99. The summed E-state index contributed by atoms with van der Waals surface area (Å²) in [6.45, 7) is -0.402. The minimum Gasteiger partial charge on any atom is -0.325 e. The Morgan fingerprint density at radius 2 is 1.70 bits per heavy atom. The number of carbonyl (C=O) groups excluding carboxylic acids is 1. The Hall–Kier alpha value is -1.93. The van der Waals surface area contributed by atoms with Gasteiger partial charge >= 0.3 is 0 Å². The molecule has 0 saturated heterocycles. The van der Waals surface area contributed by atoms with Crippen LogP contribution >= 0.6 is 15.9 Å². The van der Waals surface area contributed by atoms with Crippen molar-refractivity contribution in [3.05, 3.63) is 58.8 Å². The van der Waals surface area contributed by atoms with Gasteiger partial charge in [0, 0.05) is 10.2 Å². The third-order valence-electron chi connectivity index (χ3n) is 2.93. The first kappa shape index (κ1) is 17.4. The molecule has 0 spiro atoms. The number of rotatable bonds is 5. The summed E-state index contributed by atoms with van der Waals surface area (Å²) in [7, 11) is -3.68. The summed E-state index contributed by atoms with van der Waals surface area (Å²) in [6, 6.07) is 11.8. The van der Waals surface area contributed by atoms with Crippen LogP contribution in [0.3, 0.4) is 0 Å². The molecule has 0 aliphatic heterocycles. The number of carbonyl (C=O) groups is 1. The monoisotopic (exact) mass is 400 g/mol. The molecule has 0 heterocycles. The average Bonchev–Trinajstić information content (AvgIpc) is 2.47. The Balaban J connectivity index is 2.16. The Kier molecular flexibility index (Phi) is 5.38. The van der Waals surface area contributed by atoms with Gasteiger partial charge in [-0.1, -0.05) is 15.9 Å². The molecule has 5 nitrogen and oxygen atoms in total. The van der Waals surface area contributed by atoms with Gasteiger partial charge in [0.15, 0.2) is 0 Å². The minimum absolute atomic E-state index is 0.222. The molecule has 0 atom stereocenters. The van der Waals surface area contributed by atoms with Crippen LogP contribution in [-0.4, -0.2) is 27.1 Å². The van der Waals surface area contributed by atoms with Gasteiger partial charge in [0.1, 0.15) is 12.4 Å². The SMILES string of the molecule is CS(=O)(=O)N(CC(=O)Nc1ccc(Br)cc1)c1ccc(F)cc1. The fourth-order valence-corrected chi connectivity index (χ4v) is 2.99. The van der Waals surface area contributed by atoms with Crippen LogP contribution < -0.4 is 9.62 Å². The number of amides is 1. The van der Waals surface area contributed by atoms with Crippen LogP contribution in [0.5, 0.6) is 0 Å². The van der Waals surface area contributed by atoms with Crippen LogP contribution in [0.2, 0.25) is 0 Å². The molecular formula is C15H14BrFN2O3S. The smallest absolute Gasteiger partial charge is 0.245 e. The molecule has 2 aromatic carbocycles. The average molecular weight is 401 g/mol. The van der Waals surface area contributed by atoms with Gasteiger partial charge in [0.05, 0.1) is 11.9 Å². The number of hydrogen-bond acceptors (Lipinski definition) is 3. The number of nitrogens with one attached hydrogen (secondary N) is 1. The highest BCUT2D eigenvalue weighted by atomic mass is 79.9. The topological polar surface area (TPSA) is 66.5 Å². The predicted molar refractivity (Wildman–Crippen MR) is 91.4 cm³/mol. The van der Waals surface area contributed by atoms with Crippen molar-refractivity contribution in [1.29, 1.82) is 0 Å². The summed E-state index contributed by atoms with van der Waals surface area (Å²) >= 11 is 3.28. The van der Waals surface area contributed by atoms with E-state index in [1.807, 2.05) is 0 Å². The molecule has 0 aliphatic carbocycles. The highest BCUT2D eigenvalue weighted by Crippen LogP contribution is 2.18. The summed E-state index contributed by atoms with van der Waals surface area (Å²) < 4.78 is 38.5. The van der Waals surface area contributed by atoms with E-state index in [0.29, 0.717) is 5.69 Å².